The smallest absolute Gasteiger partial charge is 0.744 e. The molecule has 0 saturated heterocycles. The van der Waals surface area contributed by atoms with E-state index < -0.39 is 21.0 Å². The third-order valence-corrected chi connectivity index (χ3v) is 4.19. The van der Waals surface area contributed by atoms with Crippen molar-refractivity contribution < 1.29 is 52.1 Å². The molecule has 3 rings (SSSR count). The van der Waals surface area contributed by atoms with Crippen molar-refractivity contribution in [1.29, 1.82) is 0 Å². The molecule has 0 aliphatic carbocycles. The monoisotopic (exact) mass is 350 g/mol. The summed E-state index contributed by atoms with van der Waals surface area (Å²) in [5.41, 5.74) is 0.326. The minimum Gasteiger partial charge on any atom is -0.744 e. The summed E-state index contributed by atoms with van der Waals surface area (Å²) >= 11 is 0. The molecule has 0 atom stereocenters. The molecule has 0 unspecified atom stereocenters. The minimum absolute atomic E-state index is 0. The number of ether oxygens (including phenoxy) is 1. The van der Waals surface area contributed by atoms with Gasteiger partial charge >= 0.3 is 35.5 Å². The molecule has 0 radical (unpaired) electrons. The van der Waals surface area contributed by atoms with Crippen LogP contribution in [0.15, 0.2) is 71.6 Å². The molecule has 7 heteroatoms. The van der Waals surface area contributed by atoms with Gasteiger partial charge in [0.15, 0.2) is 0 Å². The third kappa shape index (κ3) is 3.85. The molecule has 0 amide bonds. The van der Waals surface area contributed by atoms with E-state index in [1.165, 1.54) is 18.2 Å². The fourth-order valence-electron chi connectivity index (χ4n) is 2.30. The largest absolute Gasteiger partial charge is 1.00 e. The van der Waals surface area contributed by atoms with Gasteiger partial charge in [-0.1, -0.05) is 42.5 Å². The molecular formula is C17H11NaO5S. The van der Waals surface area contributed by atoms with Crippen molar-refractivity contribution in [3.63, 3.8) is 0 Å². The molecular weight excluding hydrogens is 339 g/mol. The normalized spacial score (nSPS) is 10.9. The zero-order valence-corrected chi connectivity index (χ0v) is 15.6. The van der Waals surface area contributed by atoms with Crippen LogP contribution >= 0.6 is 0 Å². The van der Waals surface area contributed by atoms with E-state index >= 15 is 0 Å². The number of benzene rings is 3. The van der Waals surface area contributed by atoms with Crippen LogP contribution < -0.4 is 34.3 Å². The predicted octanol–water partition coefficient (Wildman–Crippen LogP) is -0.0329. The van der Waals surface area contributed by atoms with Crippen LogP contribution in [0, 0.1) is 0 Å². The molecule has 0 N–H and O–H groups in total. The van der Waals surface area contributed by atoms with Crippen molar-refractivity contribution in [1.82, 2.24) is 0 Å². The van der Waals surface area contributed by atoms with E-state index in [0.717, 1.165) is 0 Å². The van der Waals surface area contributed by atoms with Gasteiger partial charge in [0.1, 0.15) is 15.9 Å². The second-order valence-electron chi connectivity index (χ2n) is 4.82. The quantitative estimate of drug-likeness (QED) is 0.287. The number of fused-ring (bicyclic) bond motifs is 1. The molecule has 0 bridgehead atoms. The Balaban J connectivity index is 0.00000208. The van der Waals surface area contributed by atoms with Gasteiger partial charge in [0, 0.05) is 5.39 Å². The Morgan fingerprint density at radius 1 is 0.875 bits per heavy atom. The Bertz CT molecular complexity index is 979. The molecule has 0 spiro atoms. The van der Waals surface area contributed by atoms with Crippen molar-refractivity contribution in [3.05, 3.63) is 72.3 Å². The van der Waals surface area contributed by atoms with Crippen LogP contribution in [0.2, 0.25) is 0 Å². The molecule has 0 aliphatic rings. The van der Waals surface area contributed by atoms with Gasteiger partial charge in [-0.25, -0.2) is 13.2 Å². The Kier molecular flexibility index (Phi) is 5.79. The molecule has 3 aromatic carbocycles. The Morgan fingerprint density at radius 3 is 2.12 bits per heavy atom. The zero-order chi connectivity index (χ0) is 16.4. The molecule has 0 heterocycles. The molecule has 0 saturated carbocycles. The first-order chi connectivity index (χ1) is 11.0. The second kappa shape index (κ2) is 7.46. The Hall–Kier alpha value is -1.70. The van der Waals surface area contributed by atoms with Gasteiger partial charge in [-0.05, 0) is 29.7 Å². The number of esters is 1. The topological polar surface area (TPSA) is 83.5 Å². The molecule has 5 nitrogen and oxygen atoms in total. The van der Waals surface area contributed by atoms with E-state index in [0.29, 0.717) is 10.9 Å². The van der Waals surface area contributed by atoms with Gasteiger partial charge in [-0.2, -0.15) is 0 Å². The van der Waals surface area contributed by atoms with Crippen molar-refractivity contribution in [3.8, 4) is 5.75 Å². The minimum atomic E-state index is -4.69. The summed E-state index contributed by atoms with van der Waals surface area (Å²) in [7, 11) is -4.69. The van der Waals surface area contributed by atoms with Crippen LogP contribution in [0.25, 0.3) is 10.8 Å². The maximum absolute atomic E-state index is 12.2. The van der Waals surface area contributed by atoms with Crippen molar-refractivity contribution in [2.45, 2.75) is 4.90 Å². The van der Waals surface area contributed by atoms with Crippen molar-refractivity contribution in [2.75, 3.05) is 0 Å². The van der Waals surface area contributed by atoms with Gasteiger partial charge in [-0.15, -0.1) is 0 Å². The maximum atomic E-state index is 12.2. The van der Waals surface area contributed by atoms with Crippen LogP contribution in [0.1, 0.15) is 10.4 Å². The van der Waals surface area contributed by atoms with E-state index in [2.05, 4.69) is 0 Å². The van der Waals surface area contributed by atoms with Crippen LogP contribution in [0.4, 0.5) is 0 Å². The van der Waals surface area contributed by atoms with Gasteiger partial charge in [-0.3, -0.25) is 0 Å². The summed E-state index contributed by atoms with van der Waals surface area (Å²) in [6, 6.07) is 17.3. The van der Waals surface area contributed by atoms with Gasteiger partial charge in [0.25, 0.3) is 0 Å². The summed E-state index contributed by atoms with van der Waals surface area (Å²) in [5, 5.41) is 0.606. The fourth-order valence-corrected chi connectivity index (χ4v) is 3.01. The number of hydrogen-bond acceptors (Lipinski definition) is 5. The van der Waals surface area contributed by atoms with Crippen molar-refractivity contribution >= 4 is 26.9 Å². The molecule has 0 aromatic heterocycles. The molecule has 116 valence electrons. The van der Waals surface area contributed by atoms with E-state index in [-0.39, 0.29) is 40.7 Å². The van der Waals surface area contributed by atoms with E-state index in [9.17, 15) is 17.8 Å². The summed E-state index contributed by atoms with van der Waals surface area (Å²) in [6.07, 6.45) is 0. The first-order valence-corrected chi connectivity index (χ1v) is 8.12. The average Bonchev–Trinajstić information content (AvgIpc) is 2.54. The number of rotatable bonds is 3. The summed E-state index contributed by atoms with van der Waals surface area (Å²) in [6.45, 7) is 0. The van der Waals surface area contributed by atoms with Crippen LogP contribution in [0.3, 0.4) is 0 Å². The van der Waals surface area contributed by atoms with Gasteiger partial charge < -0.3 is 9.29 Å². The van der Waals surface area contributed by atoms with Crippen LogP contribution in [-0.2, 0) is 10.1 Å². The average molecular weight is 350 g/mol. The summed E-state index contributed by atoms with van der Waals surface area (Å²) in [4.78, 5) is 11.8. The van der Waals surface area contributed by atoms with Crippen LogP contribution in [0.5, 0.6) is 5.75 Å². The SMILES string of the molecule is O=C(Oc1cccc2cccc(S(=O)(=O)[O-])c12)c1ccccc1.[Na+]. The Labute approximate surface area is 161 Å². The molecule has 0 fully saturated rings. The first-order valence-electron chi connectivity index (χ1n) is 6.72. The zero-order valence-electron chi connectivity index (χ0n) is 12.8. The number of carbonyl (C=O) groups excluding carboxylic acids is 1. The number of hydrogen-bond donors (Lipinski definition) is 0. The summed E-state index contributed by atoms with van der Waals surface area (Å²) < 4.78 is 39.7. The predicted molar refractivity (Wildman–Crippen MR) is 83.3 cm³/mol. The third-order valence-electron chi connectivity index (χ3n) is 3.31. The van der Waals surface area contributed by atoms with Gasteiger partial charge in [0.2, 0.25) is 0 Å². The Morgan fingerprint density at radius 2 is 1.50 bits per heavy atom. The van der Waals surface area contributed by atoms with E-state index in [1.54, 1.807) is 48.5 Å². The standard InChI is InChI=1S/C17H12O5S.Na/c18-17(13-6-2-1-3-7-13)22-14-10-4-8-12-9-5-11-15(16(12)14)23(19,20)21;/h1-11H,(H,19,20,21);/q;+1/p-1. The van der Waals surface area contributed by atoms with Gasteiger partial charge in [0.05, 0.1) is 10.5 Å². The summed E-state index contributed by atoms with van der Waals surface area (Å²) in [5.74, 6) is -0.595. The van der Waals surface area contributed by atoms with Crippen LogP contribution in [-0.4, -0.2) is 18.9 Å². The second-order valence-corrected chi connectivity index (χ2v) is 6.17. The number of carbonyl (C=O) groups is 1. The fraction of sp³-hybridized carbons (Fsp3) is 0. The molecule has 3 aromatic rings. The molecule has 0 aliphatic heterocycles. The molecule has 24 heavy (non-hydrogen) atoms. The van der Waals surface area contributed by atoms with E-state index in [1.807, 2.05) is 0 Å². The van der Waals surface area contributed by atoms with Crippen molar-refractivity contribution in [2.24, 2.45) is 0 Å². The maximum Gasteiger partial charge on any atom is 1.00 e. The van der Waals surface area contributed by atoms with E-state index in [4.69, 9.17) is 4.74 Å². The first kappa shape index (κ1) is 18.6.